The molecule has 3 nitrogen and oxygen atoms in total. The highest BCUT2D eigenvalue weighted by atomic mass is 19.1. The molecule has 0 aromatic heterocycles. The van der Waals surface area contributed by atoms with Crippen LogP contribution in [0, 0.1) is 23.3 Å². The number of aryl methyl sites for hydroxylation is 1. The predicted molar refractivity (Wildman–Crippen MR) is 81.9 cm³/mol. The number of hydrogen-bond acceptors (Lipinski definition) is 2. The number of carbonyl (C=O) groups is 1. The lowest BCUT2D eigenvalue weighted by molar-refractivity contribution is -0.115. The number of amides is 1. The summed E-state index contributed by atoms with van der Waals surface area (Å²) in [6, 6.07) is 4.72. The summed E-state index contributed by atoms with van der Waals surface area (Å²) in [5, 5.41) is 2.27. The molecule has 3 rings (SSSR count). The molecular weight excluding hydrogens is 324 g/mol. The van der Waals surface area contributed by atoms with Crippen LogP contribution in [0.1, 0.15) is 12.0 Å². The zero-order valence-corrected chi connectivity index (χ0v) is 12.6. The summed E-state index contributed by atoms with van der Waals surface area (Å²) >= 11 is 0. The molecule has 0 fully saturated rings. The third-order valence-corrected chi connectivity index (χ3v) is 3.83. The first-order valence-electron chi connectivity index (χ1n) is 7.42. The van der Waals surface area contributed by atoms with Crippen LogP contribution in [0.5, 0.6) is 0 Å². The molecule has 1 amide bonds. The number of hydrogen-bond donors (Lipinski definition) is 1. The van der Waals surface area contributed by atoms with E-state index in [0.29, 0.717) is 24.9 Å². The van der Waals surface area contributed by atoms with E-state index in [9.17, 15) is 22.4 Å². The topological polar surface area (TPSA) is 32.3 Å². The SMILES string of the molecule is O=C(CN1CCCc2cc(F)cc(F)c21)Nc1cc(F)ccc1F. The Labute approximate surface area is 135 Å². The van der Waals surface area contributed by atoms with Crippen LogP contribution in [0.2, 0.25) is 0 Å². The molecule has 1 aliphatic heterocycles. The predicted octanol–water partition coefficient (Wildman–Crippen LogP) is 3.63. The molecule has 0 saturated carbocycles. The van der Waals surface area contributed by atoms with Crippen LogP contribution in [0.25, 0.3) is 0 Å². The first-order valence-corrected chi connectivity index (χ1v) is 7.42. The van der Waals surface area contributed by atoms with Crippen LogP contribution in [-0.4, -0.2) is 19.0 Å². The van der Waals surface area contributed by atoms with E-state index in [-0.39, 0.29) is 17.9 Å². The molecule has 0 saturated heterocycles. The summed E-state index contributed by atoms with van der Waals surface area (Å²) in [7, 11) is 0. The van der Waals surface area contributed by atoms with Gasteiger partial charge in [-0.05, 0) is 36.6 Å². The Morgan fingerprint density at radius 2 is 1.83 bits per heavy atom. The van der Waals surface area contributed by atoms with Gasteiger partial charge >= 0.3 is 0 Å². The zero-order chi connectivity index (χ0) is 17.3. The van der Waals surface area contributed by atoms with Crippen molar-refractivity contribution in [3.8, 4) is 0 Å². The first kappa shape index (κ1) is 16.3. The van der Waals surface area contributed by atoms with E-state index in [2.05, 4.69) is 5.32 Å². The molecule has 2 aromatic rings. The molecule has 24 heavy (non-hydrogen) atoms. The fraction of sp³-hybridized carbons (Fsp3) is 0.235. The fourth-order valence-electron chi connectivity index (χ4n) is 2.85. The highest BCUT2D eigenvalue weighted by Crippen LogP contribution is 2.30. The largest absolute Gasteiger partial charge is 0.360 e. The smallest absolute Gasteiger partial charge is 0.243 e. The summed E-state index contributed by atoms with van der Waals surface area (Å²) in [4.78, 5) is 13.6. The minimum Gasteiger partial charge on any atom is -0.360 e. The highest BCUT2D eigenvalue weighted by molar-refractivity contribution is 5.94. The van der Waals surface area contributed by atoms with E-state index in [0.717, 1.165) is 24.3 Å². The van der Waals surface area contributed by atoms with Gasteiger partial charge in [0, 0.05) is 18.7 Å². The summed E-state index contributed by atoms with van der Waals surface area (Å²) < 4.78 is 54.0. The van der Waals surface area contributed by atoms with Crippen molar-refractivity contribution in [2.75, 3.05) is 23.3 Å². The van der Waals surface area contributed by atoms with E-state index in [1.807, 2.05) is 0 Å². The second kappa shape index (κ2) is 6.51. The zero-order valence-electron chi connectivity index (χ0n) is 12.6. The van der Waals surface area contributed by atoms with Gasteiger partial charge in [-0.15, -0.1) is 0 Å². The summed E-state index contributed by atoms with van der Waals surface area (Å²) in [5.41, 5.74) is 0.387. The first-order chi connectivity index (χ1) is 11.4. The van der Waals surface area contributed by atoms with E-state index in [1.165, 1.54) is 11.0 Å². The van der Waals surface area contributed by atoms with Gasteiger partial charge in [0.05, 0.1) is 17.9 Å². The quantitative estimate of drug-likeness (QED) is 0.867. The Kier molecular flexibility index (Phi) is 4.42. The third kappa shape index (κ3) is 3.34. The Bertz CT molecular complexity index is 794. The van der Waals surface area contributed by atoms with Gasteiger partial charge in [-0.25, -0.2) is 17.6 Å². The van der Waals surface area contributed by atoms with E-state index < -0.39 is 29.2 Å². The second-order valence-electron chi connectivity index (χ2n) is 5.59. The number of rotatable bonds is 3. The molecule has 1 heterocycles. The maximum absolute atomic E-state index is 14.1. The Balaban J connectivity index is 1.78. The Hall–Kier alpha value is -2.57. The van der Waals surface area contributed by atoms with Gasteiger partial charge in [0.1, 0.15) is 23.3 Å². The van der Waals surface area contributed by atoms with Gasteiger partial charge < -0.3 is 10.2 Å². The lowest BCUT2D eigenvalue weighted by Crippen LogP contribution is -2.37. The number of benzene rings is 2. The standard InChI is InChI=1S/C17H14F4N2O/c18-11-3-4-13(20)15(8-11)22-16(24)9-23-5-1-2-10-6-12(19)7-14(21)17(10)23/h3-4,6-8H,1-2,5,9H2,(H,22,24). The van der Waals surface area contributed by atoms with Crippen molar-refractivity contribution in [2.45, 2.75) is 12.8 Å². The molecule has 0 unspecified atom stereocenters. The molecule has 2 aromatic carbocycles. The average Bonchev–Trinajstić information content (AvgIpc) is 2.50. The van der Waals surface area contributed by atoms with E-state index in [1.54, 1.807) is 0 Å². The van der Waals surface area contributed by atoms with Crippen molar-refractivity contribution >= 4 is 17.3 Å². The molecule has 0 radical (unpaired) electrons. The van der Waals surface area contributed by atoms with Crippen LogP contribution >= 0.6 is 0 Å². The molecule has 1 aliphatic rings. The minimum absolute atomic E-state index is 0.178. The van der Waals surface area contributed by atoms with E-state index >= 15 is 0 Å². The van der Waals surface area contributed by atoms with Crippen molar-refractivity contribution in [2.24, 2.45) is 0 Å². The van der Waals surface area contributed by atoms with Crippen LogP contribution in [0.3, 0.4) is 0 Å². The summed E-state index contributed by atoms with van der Waals surface area (Å²) in [6.45, 7) is 0.167. The van der Waals surface area contributed by atoms with Gasteiger partial charge in [0.25, 0.3) is 0 Å². The summed E-state index contributed by atoms with van der Waals surface area (Å²) in [6.07, 6.45) is 1.15. The van der Waals surface area contributed by atoms with Crippen molar-refractivity contribution in [3.63, 3.8) is 0 Å². The van der Waals surface area contributed by atoms with Crippen molar-refractivity contribution in [1.29, 1.82) is 0 Å². The number of halogens is 4. The average molecular weight is 338 g/mol. The lowest BCUT2D eigenvalue weighted by atomic mass is 10.0. The molecule has 0 aliphatic carbocycles. The molecule has 1 N–H and O–H groups in total. The lowest BCUT2D eigenvalue weighted by Gasteiger charge is -2.31. The van der Waals surface area contributed by atoms with Crippen LogP contribution in [0.4, 0.5) is 28.9 Å². The maximum atomic E-state index is 14.1. The number of nitrogens with zero attached hydrogens (tertiary/aromatic N) is 1. The van der Waals surface area contributed by atoms with Crippen molar-refractivity contribution in [1.82, 2.24) is 0 Å². The maximum Gasteiger partial charge on any atom is 0.243 e. The van der Waals surface area contributed by atoms with Gasteiger partial charge in [-0.3, -0.25) is 4.79 Å². The number of fused-ring (bicyclic) bond motifs is 1. The van der Waals surface area contributed by atoms with Crippen molar-refractivity contribution in [3.05, 3.63) is 59.2 Å². The molecular formula is C17H14F4N2O. The van der Waals surface area contributed by atoms with Crippen molar-refractivity contribution < 1.29 is 22.4 Å². The van der Waals surface area contributed by atoms with Crippen LogP contribution in [0.15, 0.2) is 30.3 Å². The second-order valence-corrected chi connectivity index (χ2v) is 5.59. The molecule has 0 spiro atoms. The molecule has 7 heteroatoms. The van der Waals surface area contributed by atoms with Gasteiger partial charge in [0.2, 0.25) is 5.91 Å². The fourth-order valence-corrected chi connectivity index (χ4v) is 2.85. The molecule has 0 bridgehead atoms. The monoisotopic (exact) mass is 338 g/mol. The normalized spacial score (nSPS) is 13.6. The van der Waals surface area contributed by atoms with Gasteiger partial charge in [-0.2, -0.15) is 0 Å². The van der Waals surface area contributed by atoms with E-state index in [4.69, 9.17) is 0 Å². The third-order valence-electron chi connectivity index (χ3n) is 3.83. The molecule has 126 valence electrons. The van der Waals surface area contributed by atoms with Crippen LogP contribution in [-0.2, 0) is 11.2 Å². The van der Waals surface area contributed by atoms with Gasteiger partial charge in [0.15, 0.2) is 0 Å². The number of anilines is 2. The Morgan fingerprint density at radius 3 is 2.62 bits per heavy atom. The number of nitrogens with one attached hydrogen (secondary N) is 1. The number of carbonyl (C=O) groups excluding carboxylic acids is 1. The van der Waals surface area contributed by atoms with Crippen LogP contribution < -0.4 is 10.2 Å². The highest BCUT2D eigenvalue weighted by Gasteiger charge is 2.24. The molecule has 0 atom stereocenters. The summed E-state index contributed by atoms with van der Waals surface area (Å²) in [5.74, 6) is -3.47. The minimum atomic E-state index is -0.767. The van der Waals surface area contributed by atoms with Gasteiger partial charge in [-0.1, -0.05) is 0 Å². The Morgan fingerprint density at radius 1 is 1.04 bits per heavy atom.